The first-order valence-electron chi connectivity index (χ1n) is 9.65. The number of benzene rings is 2. The van der Waals surface area contributed by atoms with E-state index in [-0.39, 0.29) is 12.5 Å². The first-order valence-corrected chi connectivity index (χ1v) is 9.65. The van der Waals surface area contributed by atoms with E-state index in [1.807, 2.05) is 41.3 Å². The van der Waals surface area contributed by atoms with Crippen molar-refractivity contribution < 1.29 is 4.79 Å². The lowest BCUT2D eigenvalue weighted by atomic mass is 10.2. The fraction of sp³-hybridized carbons (Fsp3) is 0.333. The van der Waals surface area contributed by atoms with Crippen molar-refractivity contribution in [3.05, 3.63) is 66.2 Å². The molecule has 0 spiro atoms. The Hall–Kier alpha value is -3.06. The van der Waals surface area contributed by atoms with Crippen LogP contribution in [0.2, 0.25) is 0 Å². The van der Waals surface area contributed by atoms with Crippen molar-refractivity contribution in [1.82, 2.24) is 30.0 Å². The van der Waals surface area contributed by atoms with E-state index in [0.717, 1.165) is 44.7 Å². The average Bonchev–Trinajstić information content (AvgIpc) is 3.07. The van der Waals surface area contributed by atoms with Gasteiger partial charge in [-0.3, -0.25) is 9.69 Å². The summed E-state index contributed by atoms with van der Waals surface area (Å²) in [6.07, 6.45) is 0.971. The highest BCUT2D eigenvalue weighted by Crippen LogP contribution is 2.12. The number of carbonyl (C=O) groups is 1. The van der Waals surface area contributed by atoms with Crippen molar-refractivity contribution in [2.24, 2.45) is 0 Å². The quantitative estimate of drug-likeness (QED) is 0.682. The highest BCUT2D eigenvalue weighted by atomic mass is 16.2. The van der Waals surface area contributed by atoms with Gasteiger partial charge in [-0.1, -0.05) is 60.7 Å². The van der Waals surface area contributed by atoms with Crippen LogP contribution in [0.5, 0.6) is 0 Å². The molecule has 144 valence electrons. The molecule has 0 bridgehead atoms. The third kappa shape index (κ3) is 4.61. The Morgan fingerprint density at radius 2 is 1.64 bits per heavy atom. The second-order valence-corrected chi connectivity index (χ2v) is 7.01. The van der Waals surface area contributed by atoms with Crippen molar-refractivity contribution >= 4 is 5.91 Å². The second-order valence-electron chi connectivity index (χ2n) is 7.01. The Bertz CT molecular complexity index is 896. The Kier molecular flexibility index (Phi) is 5.72. The van der Waals surface area contributed by atoms with Crippen molar-refractivity contribution in [2.45, 2.75) is 19.5 Å². The average molecular weight is 376 g/mol. The Morgan fingerprint density at radius 3 is 2.43 bits per heavy atom. The van der Waals surface area contributed by atoms with E-state index in [0.29, 0.717) is 5.82 Å². The van der Waals surface area contributed by atoms with Crippen LogP contribution in [0.4, 0.5) is 0 Å². The summed E-state index contributed by atoms with van der Waals surface area (Å²) >= 11 is 0. The van der Waals surface area contributed by atoms with Crippen LogP contribution in [0.15, 0.2) is 60.7 Å². The van der Waals surface area contributed by atoms with Gasteiger partial charge in [0, 0.05) is 38.3 Å². The van der Waals surface area contributed by atoms with Crippen LogP contribution >= 0.6 is 0 Å². The molecule has 0 aliphatic carbocycles. The molecule has 1 amide bonds. The Labute approximate surface area is 164 Å². The molecule has 4 rings (SSSR count). The predicted octanol–water partition coefficient (Wildman–Crippen LogP) is 2.07. The fourth-order valence-electron chi connectivity index (χ4n) is 3.45. The molecule has 0 atom stereocenters. The zero-order valence-electron chi connectivity index (χ0n) is 15.8. The summed E-state index contributed by atoms with van der Waals surface area (Å²) in [4.78, 5) is 18.4. The van der Waals surface area contributed by atoms with Crippen LogP contribution < -0.4 is 0 Å². The molecule has 1 aliphatic heterocycles. The first-order chi connectivity index (χ1) is 13.8. The molecule has 1 aliphatic rings. The van der Waals surface area contributed by atoms with E-state index in [9.17, 15) is 4.79 Å². The SMILES string of the molecule is O=C(Cn1nnc(-c2ccccc2)n1)N1CCCN(Cc2ccccc2)CC1. The molecule has 0 unspecified atom stereocenters. The number of rotatable bonds is 5. The number of amides is 1. The Morgan fingerprint density at radius 1 is 0.893 bits per heavy atom. The van der Waals surface area contributed by atoms with Gasteiger partial charge in [0.15, 0.2) is 0 Å². The lowest BCUT2D eigenvalue weighted by molar-refractivity contribution is -0.132. The second kappa shape index (κ2) is 8.75. The van der Waals surface area contributed by atoms with Crippen molar-refractivity contribution in [1.29, 1.82) is 0 Å². The largest absolute Gasteiger partial charge is 0.340 e. The Balaban J connectivity index is 1.32. The third-order valence-corrected chi connectivity index (χ3v) is 4.95. The highest BCUT2D eigenvalue weighted by Gasteiger charge is 2.20. The highest BCUT2D eigenvalue weighted by molar-refractivity contribution is 5.75. The monoisotopic (exact) mass is 376 g/mol. The fourth-order valence-corrected chi connectivity index (χ4v) is 3.45. The van der Waals surface area contributed by atoms with Crippen LogP contribution in [0.1, 0.15) is 12.0 Å². The van der Waals surface area contributed by atoms with Crippen LogP contribution in [0.3, 0.4) is 0 Å². The van der Waals surface area contributed by atoms with Crippen molar-refractivity contribution in [3.63, 3.8) is 0 Å². The van der Waals surface area contributed by atoms with Crippen molar-refractivity contribution in [2.75, 3.05) is 26.2 Å². The molecule has 2 heterocycles. The number of carbonyl (C=O) groups excluding carboxylic acids is 1. The van der Waals surface area contributed by atoms with Gasteiger partial charge in [-0.25, -0.2) is 0 Å². The zero-order chi connectivity index (χ0) is 19.2. The van der Waals surface area contributed by atoms with Gasteiger partial charge in [0.1, 0.15) is 6.54 Å². The summed E-state index contributed by atoms with van der Waals surface area (Å²) in [6, 6.07) is 20.1. The molecule has 1 fully saturated rings. The van der Waals surface area contributed by atoms with E-state index < -0.39 is 0 Å². The van der Waals surface area contributed by atoms with Gasteiger partial charge in [0.25, 0.3) is 0 Å². The molecule has 0 radical (unpaired) electrons. The number of tetrazole rings is 1. The van der Waals surface area contributed by atoms with Crippen LogP contribution in [0, 0.1) is 0 Å². The molecule has 0 N–H and O–H groups in total. The van der Waals surface area contributed by atoms with Crippen molar-refractivity contribution in [3.8, 4) is 11.4 Å². The standard InChI is InChI=1S/C21H24N6O/c28-20(17-27-23-21(22-24-27)19-10-5-2-6-11-19)26-13-7-12-25(14-15-26)16-18-8-3-1-4-9-18/h1-6,8-11H,7,12-17H2. The summed E-state index contributed by atoms with van der Waals surface area (Å²) in [6.45, 7) is 4.42. The summed E-state index contributed by atoms with van der Waals surface area (Å²) in [5.41, 5.74) is 2.20. The maximum Gasteiger partial charge on any atom is 0.246 e. The molecule has 7 nitrogen and oxygen atoms in total. The number of nitrogens with zero attached hydrogens (tertiary/aromatic N) is 6. The van der Waals surface area contributed by atoms with E-state index in [1.54, 1.807) is 0 Å². The predicted molar refractivity (Wildman–Crippen MR) is 106 cm³/mol. The van der Waals surface area contributed by atoms with E-state index in [2.05, 4.69) is 44.6 Å². The molecule has 1 saturated heterocycles. The molecule has 28 heavy (non-hydrogen) atoms. The number of hydrogen-bond donors (Lipinski definition) is 0. The van der Waals surface area contributed by atoms with Crippen LogP contribution in [-0.4, -0.2) is 62.1 Å². The lowest BCUT2D eigenvalue weighted by Crippen LogP contribution is -2.37. The van der Waals surface area contributed by atoms with Gasteiger partial charge < -0.3 is 4.90 Å². The molecular formula is C21H24N6O. The van der Waals surface area contributed by atoms with E-state index in [4.69, 9.17) is 0 Å². The third-order valence-electron chi connectivity index (χ3n) is 4.95. The minimum Gasteiger partial charge on any atom is -0.340 e. The molecule has 1 aromatic heterocycles. The van der Waals surface area contributed by atoms with Gasteiger partial charge in [-0.05, 0) is 17.2 Å². The summed E-state index contributed by atoms with van der Waals surface area (Å²) in [7, 11) is 0. The minimum absolute atomic E-state index is 0.0403. The van der Waals surface area contributed by atoms with Crippen LogP contribution in [-0.2, 0) is 17.9 Å². The smallest absolute Gasteiger partial charge is 0.246 e. The number of aromatic nitrogens is 4. The molecule has 7 heteroatoms. The summed E-state index contributed by atoms with van der Waals surface area (Å²) in [5, 5.41) is 12.5. The number of hydrogen-bond acceptors (Lipinski definition) is 5. The topological polar surface area (TPSA) is 67.2 Å². The van der Waals surface area contributed by atoms with Gasteiger partial charge in [-0.15, -0.1) is 10.2 Å². The first kappa shape index (κ1) is 18.3. The van der Waals surface area contributed by atoms with Crippen LogP contribution in [0.25, 0.3) is 11.4 Å². The minimum atomic E-state index is 0.0403. The molecular weight excluding hydrogens is 352 g/mol. The van der Waals surface area contributed by atoms with Gasteiger partial charge in [0.2, 0.25) is 11.7 Å². The molecule has 0 saturated carbocycles. The van der Waals surface area contributed by atoms with Gasteiger partial charge in [-0.2, -0.15) is 4.80 Å². The summed E-state index contributed by atoms with van der Waals surface area (Å²) in [5.74, 6) is 0.580. The normalized spacial score (nSPS) is 15.4. The van der Waals surface area contributed by atoms with E-state index in [1.165, 1.54) is 10.4 Å². The molecule has 3 aromatic rings. The van der Waals surface area contributed by atoms with Gasteiger partial charge in [0.05, 0.1) is 0 Å². The zero-order valence-corrected chi connectivity index (χ0v) is 15.8. The maximum absolute atomic E-state index is 12.7. The summed E-state index contributed by atoms with van der Waals surface area (Å²) < 4.78 is 0. The van der Waals surface area contributed by atoms with Gasteiger partial charge >= 0.3 is 0 Å². The molecule has 2 aromatic carbocycles. The lowest BCUT2D eigenvalue weighted by Gasteiger charge is -2.21. The maximum atomic E-state index is 12.7. The van der Waals surface area contributed by atoms with E-state index >= 15 is 0 Å².